The van der Waals surface area contributed by atoms with Crippen LogP contribution < -0.4 is 0 Å². The summed E-state index contributed by atoms with van der Waals surface area (Å²) in [4.78, 5) is 0. The maximum Gasteiger partial charge on any atom is 0.229 e. The van der Waals surface area contributed by atoms with E-state index in [2.05, 4.69) is 69.4 Å². The summed E-state index contributed by atoms with van der Waals surface area (Å²) in [5.74, 6) is 0. The van der Waals surface area contributed by atoms with E-state index in [9.17, 15) is 0 Å². The third kappa shape index (κ3) is 4.11. The smallest absolute Gasteiger partial charge is 0.229 e. The molecule has 0 amide bonds. The van der Waals surface area contributed by atoms with Crippen LogP contribution in [0.2, 0.25) is 26.2 Å². The average Bonchev–Trinajstić information content (AvgIpc) is 2.41. The van der Waals surface area contributed by atoms with E-state index < -0.39 is 36.5 Å². The van der Waals surface area contributed by atoms with Crippen LogP contribution in [-0.4, -0.2) is 53.4 Å². The van der Waals surface area contributed by atoms with Gasteiger partial charge in [0.25, 0.3) is 0 Å². The zero-order chi connectivity index (χ0) is 15.4. The first-order valence-electron chi connectivity index (χ1n) is 7.04. The largest absolute Gasteiger partial charge is 0.404 e. The third-order valence-corrected chi connectivity index (χ3v) is 23.2. The van der Waals surface area contributed by atoms with Crippen LogP contribution in [0.15, 0.2) is 51.1 Å². The molecule has 0 bridgehead atoms. The number of hydrogen-bond donors (Lipinski definition) is 0. The monoisotopic (exact) mass is 429 g/mol. The van der Waals surface area contributed by atoms with E-state index >= 15 is 0 Å². The van der Waals surface area contributed by atoms with E-state index in [0.29, 0.717) is 0 Å². The summed E-state index contributed by atoms with van der Waals surface area (Å²) in [7, 11) is -5.00. The molecule has 0 aromatic heterocycles. The molecule has 1 fully saturated rings. The molecule has 1 radical (unpaired) electrons. The van der Waals surface area contributed by atoms with Crippen molar-refractivity contribution >= 4 is 36.5 Å². The van der Waals surface area contributed by atoms with Gasteiger partial charge in [-0.25, -0.2) is 0 Å². The molecule has 0 aromatic carbocycles. The van der Waals surface area contributed by atoms with Gasteiger partial charge in [0.05, 0.1) is 0 Å². The van der Waals surface area contributed by atoms with E-state index in [4.69, 9.17) is 0 Å². The van der Waals surface area contributed by atoms with E-state index in [1.165, 1.54) is 0 Å². The van der Waals surface area contributed by atoms with Crippen LogP contribution in [0.1, 0.15) is 0 Å². The molecule has 0 unspecified atom stereocenters. The van der Waals surface area contributed by atoms with Gasteiger partial charge < -0.3 is 16.9 Å². The molecule has 0 spiro atoms. The Bertz CT molecular complexity index is 309. The number of hydrogen-bond acceptors (Lipinski definition) is 4. The van der Waals surface area contributed by atoms with Gasteiger partial charge in [0.2, 0.25) is 36.5 Å². The summed E-state index contributed by atoms with van der Waals surface area (Å²) in [6.07, 6.45) is 8.19. The molecule has 1 aliphatic heterocycles. The van der Waals surface area contributed by atoms with E-state index in [0.717, 1.165) is 0 Å². The molecule has 1 aliphatic rings. The van der Waals surface area contributed by atoms with Gasteiger partial charge in [0.15, 0.2) is 0 Å². The van der Waals surface area contributed by atoms with Crippen molar-refractivity contribution in [3.05, 3.63) is 51.1 Å². The Morgan fingerprint density at radius 2 is 0.667 bits per heavy atom. The fraction of sp³-hybridized carbons (Fsp3) is 0.333. The van der Waals surface area contributed by atoms with Crippen LogP contribution >= 0.6 is 0 Å². The van der Waals surface area contributed by atoms with Gasteiger partial charge in [-0.15, -0.1) is 0 Å². The SMILES string of the molecule is C=CN1[SiH](C)N(C=C)[SiH](C)N(C=C)[SiH](C)N(C=C)[SiH]1C.[Y]. The van der Waals surface area contributed by atoms with E-state index in [1.807, 2.05) is 24.8 Å². The summed E-state index contributed by atoms with van der Waals surface area (Å²) < 4.78 is 10.2. The molecule has 4 nitrogen and oxygen atoms in total. The summed E-state index contributed by atoms with van der Waals surface area (Å²) in [6.45, 7) is 25.7. The minimum absolute atomic E-state index is 0. The second kappa shape index (κ2) is 9.31. The Labute approximate surface area is 162 Å². The van der Waals surface area contributed by atoms with Crippen LogP contribution in [0.25, 0.3) is 0 Å². The van der Waals surface area contributed by atoms with Crippen molar-refractivity contribution in [1.82, 2.24) is 16.9 Å². The Kier molecular flexibility index (Phi) is 9.37. The van der Waals surface area contributed by atoms with Crippen LogP contribution in [0.3, 0.4) is 0 Å². The van der Waals surface area contributed by atoms with Crippen molar-refractivity contribution in [2.75, 3.05) is 0 Å². The van der Waals surface area contributed by atoms with Gasteiger partial charge in [-0.1, -0.05) is 26.3 Å². The van der Waals surface area contributed by atoms with Gasteiger partial charge >= 0.3 is 0 Å². The predicted molar refractivity (Wildman–Crippen MR) is 100 cm³/mol. The summed E-state index contributed by atoms with van der Waals surface area (Å²) in [5.41, 5.74) is 0. The molecule has 0 aromatic rings. The second-order valence-electron chi connectivity index (χ2n) is 5.05. The molecule has 0 N–H and O–H groups in total. The topological polar surface area (TPSA) is 13.0 Å². The molecule has 0 atom stereocenters. The molecule has 21 heavy (non-hydrogen) atoms. The fourth-order valence-electron chi connectivity index (χ4n) is 3.09. The van der Waals surface area contributed by atoms with Crippen molar-refractivity contribution in [3.63, 3.8) is 0 Å². The van der Waals surface area contributed by atoms with Crippen LogP contribution in [0.4, 0.5) is 0 Å². The Hall–Kier alpha value is 0.131. The predicted octanol–water partition coefficient (Wildman–Crippen LogP) is 1.18. The molecule has 9 heteroatoms. The minimum atomic E-state index is -1.25. The maximum absolute atomic E-state index is 4.05. The fourth-order valence-corrected chi connectivity index (χ4v) is 22.3. The Balaban J connectivity index is 0.00000400. The van der Waals surface area contributed by atoms with Gasteiger partial charge in [-0.3, -0.25) is 0 Å². The summed E-state index contributed by atoms with van der Waals surface area (Å²) in [6, 6.07) is 0. The van der Waals surface area contributed by atoms with Crippen molar-refractivity contribution in [2.24, 2.45) is 0 Å². The molecular weight excluding hydrogens is 401 g/mol. The van der Waals surface area contributed by atoms with Crippen molar-refractivity contribution < 1.29 is 32.7 Å². The average molecular weight is 430 g/mol. The second-order valence-corrected chi connectivity index (χ2v) is 17.3. The van der Waals surface area contributed by atoms with Gasteiger partial charge in [0, 0.05) is 32.7 Å². The normalized spacial score (nSPS) is 29.9. The quantitative estimate of drug-likeness (QED) is 0.622. The van der Waals surface area contributed by atoms with Gasteiger partial charge in [-0.2, -0.15) is 0 Å². The zero-order valence-electron chi connectivity index (χ0n) is 13.8. The van der Waals surface area contributed by atoms with Crippen molar-refractivity contribution in [1.29, 1.82) is 0 Å². The van der Waals surface area contributed by atoms with Gasteiger partial charge in [-0.05, 0) is 51.0 Å². The third-order valence-electron chi connectivity index (χ3n) is 4.30. The van der Waals surface area contributed by atoms with E-state index in [-0.39, 0.29) is 32.7 Å². The molecule has 0 aliphatic carbocycles. The Morgan fingerprint density at radius 3 is 0.762 bits per heavy atom. The van der Waals surface area contributed by atoms with Crippen molar-refractivity contribution in [2.45, 2.75) is 26.2 Å². The van der Waals surface area contributed by atoms with Crippen LogP contribution in [0.5, 0.6) is 0 Å². The molecule has 115 valence electrons. The molecule has 1 saturated heterocycles. The standard InChI is InChI=1S/C12H28N4Si4.Y/c1-9-13-17(5)14(10-2)19(7)16(12-4)20(8)15(11-3)18(13)6;/h9-12,17-20H,1-4H2,5-8H3;. The summed E-state index contributed by atoms with van der Waals surface area (Å²) in [5, 5.41) is 0. The Morgan fingerprint density at radius 1 is 0.524 bits per heavy atom. The zero-order valence-corrected chi connectivity index (χ0v) is 21.3. The first-order chi connectivity index (χ1) is 9.44. The van der Waals surface area contributed by atoms with Crippen LogP contribution in [0, 0.1) is 0 Å². The first kappa shape index (κ1) is 21.1. The van der Waals surface area contributed by atoms with Gasteiger partial charge in [0.1, 0.15) is 0 Å². The molecule has 1 rings (SSSR count). The molecule has 0 saturated carbocycles. The maximum atomic E-state index is 4.05. The first-order valence-corrected chi connectivity index (χ1v) is 15.8. The molecular formula is C12H28N4Si4Y. The van der Waals surface area contributed by atoms with Crippen LogP contribution in [-0.2, 0) is 32.7 Å². The minimum Gasteiger partial charge on any atom is -0.404 e. The molecule has 1 heterocycles. The van der Waals surface area contributed by atoms with E-state index in [1.54, 1.807) is 0 Å². The van der Waals surface area contributed by atoms with Crippen molar-refractivity contribution in [3.8, 4) is 0 Å². The number of nitrogens with zero attached hydrogens (tertiary/aromatic N) is 4. The number of rotatable bonds is 4. The summed E-state index contributed by atoms with van der Waals surface area (Å²) >= 11 is 0.